The SMILES string of the molecule is CCONC(C)c1ccc2c(c1)CCC2. The van der Waals surface area contributed by atoms with Crippen LogP contribution >= 0.6 is 0 Å². The molecule has 1 aliphatic carbocycles. The molecule has 2 heteroatoms. The number of benzene rings is 1. The highest BCUT2D eigenvalue weighted by molar-refractivity contribution is 5.36. The standard InChI is InChI=1S/C13H19NO/c1-3-15-14-10(2)12-8-7-11-5-4-6-13(11)9-12/h7-10,14H,3-6H2,1-2H3. The van der Waals surface area contributed by atoms with E-state index in [0.29, 0.717) is 6.61 Å². The molecule has 0 aromatic heterocycles. The molecule has 1 aromatic carbocycles. The lowest BCUT2D eigenvalue weighted by Crippen LogP contribution is -2.19. The molecule has 0 amide bonds. The molecule has 1 N–H and O–H groups in total. The van der Waals surface area contributed by atoms with Crippen LogP contribution in [0, 0.1) is 0 Å². The van der Waals surface area contributed by atoms with E-state index in [-0.39, 0.29) is 6.04 Å². The van der Waals surface area contributed by atoms with Gasteiger partial charge in [-0.25, -0.2) is 0 Å². The predicted octanol–water partition coefficient (Wildman–Crippen LogP) is 2.78. The number of fused-ring (bicyclic) bond motifs is 1. The van der Waals surface area contributed by atoms with Crippen LogP contribution in [0.25, 0.3) is 0 Å². The average molecular weight is 205 g/mol. The second-order valence-corrected chi connectivity index (χ2v) is 4.15. The molecule has 1 aliphatic rings. The van der Waals surface area contributed by atoms with Crippen LogP contribution in [0.4, 0.5) is 0 Å². The van der Waals surface area contributed by atoms with Gasteiger partial charge in [0.1, 0.15) is 0 Å². The summed E-state index contributed by atoms with van der Waals surface area (Å²) in [7, 11) is 0. The lowest BCUT2D eigenvalue weighted by molar-refractivity contribution is 0.0285. The molecule has 15 heavy (non-hydrogen) atoms. The number of aryl methyl sites for hydroxylation is 2. The Bertz CT molecular complexity index is 335. The van der Waals surface area contributed by atoms with E-state index in [4.69, 9.17) is 4.84 Å². The maximum absolute atomic E-state index is 5.22. The summed E-state index contributed by atoms with van der Waals surface area (Å²) in [4.78, 5) is 5.22. The van der Waals surface area contributed by atoms with Crippen molar-refractivity contribution in [3.63, 3.8) is 0 Å². The van der Waals surface area contributed by atoms with Crippen LogP contribution in [-0.2, 0) is 17.7 Å². The lowest BCUT2D eigenvalue weighted by atomic mass is 10.0. The minimum atomic E-state index is 0.274. The van der Waals surface area contributed by atoms with Gasteiger partial charge in [-0.2, -0.15) is 5.48 Å². The largest absolute Gasteiger partial charge is 0.302 e. The zero-order valence-corrected chi connectivity index (χ0v) is 9.55. The molecule has 0 saturated heterocycles. The number of hydroxylamine groups is 1. The van der Waals surface area contributed by atoms with E-state index in [2.05, 4.69) is 30.6 Å². The van der Waals surface area contributed by atoms with Crippen LogP contribution in [0.3, 0.4) is 0 Å². The van der Waals surface area contributed by atoms with Crippen molar-refractivity contribution in [2.45, 2.75) is 39.2 Å². The summed E-state index contributed by atoms with van der Waals surface area (Å²) >= 11 is 0. The summed E-state index contributed by atoms with van der Waals surface area (Å²) < 4.78 is 0. The molecule has 0 saturated carbocycles. The zero-order chi connectivity index (χ0) is 10.7. The van der Waals surface area contributed by atoms with Crippen molar-refractivity contribution in [1.82, 2.24) is 5.48 Å². The second-order valence-electron chi connectivity index (χ2n) is 4.15. The van der Waals surface area contributed by atoms with Gasteiger partial charge in [0.05, 0.1) is 12.6 Å². The number of hydrogen-bond donors (Lipinski definition) is 1. The normalized spacial score (nSPS) is 16.4. The summed E-state index contributed by atoms with van der Waals surface area (Å²) in [6, 6.07) is 7.07. The Labute approximate surface area is 91.6 Å². The van der Waals surface area contributed by atoms with Gasteiger partial charge in [-0.15, -0.1) is 0 Å². The minimum absolute atomic E-state index is 0.274. The van der Waals surface area contributed by atoms with Gasteiger partial charge in [0.2, 0.25) is 0 Å². The average Bonchev–Trinajstić information content (AvgIpc) is 2.72. The number of hydrogen-bond acceptors (Lipinski definition) is 2. The monoisotopic (exact) mass is 205 g/mol. The van der Waals surface area contributed by atoms with Crippen LogP contribution in [0.15, 0.2) is 18.2 Å². The first-order valence-corrected chi connectivity index (χ1v) is 5.80. The van der Waals surface area contributed by atoms with Gasteiger partial charge < -0.3 is 4.84 Å². The molecule has 2 rings (SSSR count). The molecule has 2 nitrogen and oxygen atoms in total. The van der Waals surface area contributed by atoms with E-state index >= 15 is 0 Å². The molecule has 0 spiro atoms. The van der Waals surface area contributed by atoms with Gasteiger partial charge in [0.25, 0.3) is 0 Å². The smallest absolute Gasteiger partial charge is 0.0654 e. The van der Waals surface area contributed by atoms with Gasteiger partial charge in [0, 0.05) is 0 Å². The molecular weight excluding hydrogens is 186 g/mol. The minimum Gasteiger partial charge on any atom is -0.302 e. The summed E-state index contributed by atoms with van der Waals surface area (Å²) in [5.74, 6) is 0. The van der Waals surface area contributed by atoms with E-state index in [0.717, 1.165) is 0 Å². The summed E-state index contributed by atoms with van der Waals surface area (Å²) in [5.41, 5.74) is 7.42. The van der Waals surface area contributed by atoms with Crippen LogP contribution in [0.5, 0.6) is 0 Å². The van der Waals surface area contributed by atoms with Gasteiger partial charge in [-0.3, -0.25) is 0 Å². The topological polar surface area (TPSA) is 21.3 Å². The van der Waals surface area contributed by atoms with Gasteiger partial charge in [-0.05, 0) is 49.8 Å². The van der Waals surface area contributed by atoms with Crippen molar-refractivity contribution in [2.24, 2.45) is 0 Å². The molecule has 0 heterocycles. The molecule has 82 valence electrons. The van der Waals surface area contributed by atoms with Crippen molar-refractivity contribution in [2.75, 3.05) is 6.61 Å². The third-order valence-electron chi connectivity index (χ3n) is 3.03. The molecule has 0 bridgehead atoms. The predicted molar refractivity (Wildman–Crippen MR) is 61.6 cm³/mol. The van der Waals surface area contributed by atoms with Crippen molar-refractivity contribution in [3.8, 4) is 0 Å². The second kappa shape index (κ2) is 4.77. The quantitative estimate of drug-likeness (QED) is 0.763. The molecule has 1 atom stereocenters. The van der Waals surface area contributed by atoms with E-state index in [1.807, 2.05) is 6.92 Å². The molecular formula is C13H19NO. The summed E-state index contributed by atoms with van der Waals surface area (Å²) in [5, 5.41) is 0. The first-order valence-electron chi connectivity index (χ1n) is 5.80. The third-order valence-corrected chi connectivity index (χ3v) is 3.03. The summed E-state index contributed by atoms with van der Waals surface area (Å²) in [6.45, 7) is 4.82. The molecule has 1 unspecified atom stereocenters. The number of nitrogens with one attached hydrogen (secondary N) is 1. The van der Waals surface area contributed by atoms with E-state index in [9.17, 15) is 0 Å². The highest BCUT2D eigenvalue weighted by atomic mass is 16.6. The molecule has 0 fully saturated rings. The van der Waals surface area contributed by atoms with Crippen molar-refractivity contribution in [3.05, 3.63) is 34.9 Å². The Morgan fingerprint density at radius 3 is 2.93 bits per heavy atom. The fourth-order valence-corrected chi connectivity index (χ4v) is 2.14. The van der Waals surface area contributed by atoms with E-state index in [1.165, 1.54) is 36.0 Å². The Hall–Kier alpha value is -0.860. The van der Waals surface area contributed by atoms with Crippen molar-refractivity contribution >= 4 is 0 Å². The maximum atomic E-state index is 5.22. The van der Waals surface area contributed by atoms with Gasteiger partial charge in [0.15, 0.2) is 0 Å². The van der Waals surface area contributed by atoms with Crippen molar-refractivity contribution < 1.29 is 4.84 Å². The van der Waals surface area contributed by atoms with Gasteiger partial charge in [-0.1, -0.05) is 18.2 Å². The molecule has 1 aromatic rings. The van der Waals surface area contributed by atoms with E-state index < -0.39 is 0 Å². The highest BCUT2D eigenvalue weighted by Gasteiger charge is 2.13. The fraction of sp³-hybridized carbons (Fsp3) is 0.538. The Balaban J connectivity index is 2.08. The molecule has 0 aliphatic heterocycles. The zero-order valence-electron chi connectivity index (χ0n) is 9.55. The van der Waals surface area contributed by atoms with Crippen molar-refractivity contribution in [1.29, 1.82) is 0 Å². The maximum Gasteiger partial charge on any atom is 0.0654 e. The highest BCUT2D eigenvalue weighted by Crippen LogP contribution is 2.25. The van der Waals surface area contributed by atoms with Crippen LogP contribution in [0.1, 0.15) is 43.0 Å². The first-order chi connectivity index (χ1) is 7.31. The molecule has 0 radical (unpaired) electrons. The van der Waals surface area contributed by atoms with Crippen LogP contribution < -0.4 is 5.48 Å². The summed E-state index contributed by atoms with van der Waals surface area (Å²) in [6.07, 6.45) is 3.81. The number of rotatable bonds is 4. The Morgan fingerprint density at radius 2 is 2.13 bits per heavy atom. The van der Waals surface area contributed by atoms with Gasteiger partial charge >= 0.3 is 0 Å². The Morgan fingerprint density at radius 1 is 1.33 bits per heavy atom. The fourth-order valence-electron chi connectivity index (χ4n) is 2.14. The Kier molecular flexibility index (Phi) is 3.39. The van der Waals surface area contributed by atoms with Crippen LogP contribution in [0.2, 0.25) is 0 Å². The van der Waals surface area contributed by atoms with E-state index in [1.54, 1.807) is 0 Å². The lowest BCUT2D eigenvalue weighted by Gasteiger charge is -2.14. The van der Waals surface area contributed by atoms with Crippen LogP contribution in [-0.4, -0.2) is 6.61 Å². The third kappa shape index (κ3) is 2.39. The first kappa shape index (κ1) is 10.7.